The van der Waals surface area contributed by atoms with Crippen LogP contribution in [0.15, 0.2) is 6.07 Å². The van der Waals surface area contributed by atoms with Crippen molar-refractivity contribution in [2.24, 2.45) is 17.8 Å². The van der Waals surface area contributed by atoms with Crippen molar-refractivity contribution in [2.75, 3.05) is 5.32 Å². The second-order valence-electron chi connectivity index (χ2n) is 6.69. The fourth-order valence-corrected chi connectivity index (χ4v) is 5.45. The van der Waals surface area contributed by atoms with E-state index in [1.54, 1.807) is 11.3 Å². The highest BCUT2D eigenvalue weighted by molar-refractivity contribution is 7.18. The molecule has 3 nitrogen and oxygen atoms in total. The second kappa shape index (κ2) is 5.10. The number of hydrogen-bond donors (Lipinski definition) is 1. The van der Waals surface area contributed by atoms with E-state index >= 15 is 0 Å². The fraction of sp³-hybridized carbons (Fsp3) is 0.625. The van der Waals surface area contributed by atoms with E-state index in [-0.39, 0.29) is 0 Å². The molecule has 2 heterocycles. The van der Waals surface area contributed by atoms with Gasteiger partial charge in [0.1, 0.15) is 10.6 Å². The Morgan fingerprint density at radius 2 is 2.19 bits per heavy atom. The number of nitrogens with zero attached hydrogens (tertiary/aromatic N) is 2. The average Bonchev–Trinajstić information content (AvgIpc) is 3.12. The third kappa shape index (κ3) is 2.42. The fourth-order valence-electron chi connectivity index (χ4n) is 4.35. The van der Waals surface area contributed by atoms with E-state index in [0.29, 0.717) is 11.3 Å². The SMILES string of the molecule is Cc1cc2c(NC(C)C3CC4CCC3C4)nc(Cl)nc2s1. The Hall–Kier alpha value is -0.870. The molecule has 112 valence electrons. The topological polar surface area (TPSA) is 37.8 Å². The summed E-state index contributed by atoms with van der Waals surface area (Å²) in [6.07, 6.45) is 5.68. The number of halogens is 1. The number of hydrogen-bond acceptors (Lipinski definition) is 4. The number of anilines is 1. The van der Waals surface area contributed by atoms with E-state index in [9.17, 15) is 0 Å². The average molecular weight is 322 g/mol. The standard InChI is InChI=1S/C16H20ClN3S/c1-8-5-13-14(19-16(17)20-15(13)21-8)18-9(2)12-7-10-3-4-11(12)6-10/h5,9-12H,3-4,6-7H2,1-2H3,(H,18,19,20). The molecule has 2 saturated carbocycles. The normalized spacial score (nSPS) is 29.2. The number of fused-ring (bicyclic) bond motifs is 3. The zero-order valence-electron chi connectivity index (χ0n) is 12.4. The van der Waals surface area contributed by atoms with Crippen LogP contribution in [0, 0.1) is 24.7 Å². The largest absolute Gasteiger partial charge is 0.367 e. The van der Waals surface area contributed by atoms with E-state index in [1.165, 1.54) is 30.6 Å². The van der Waals surface area contributed by atoms with Gasteiger partial charge in [-0.2, -0.15) is 0 Å². The van der Waals surface area contributed by atoms with Crippen molar-refractivity contribution in [3.63, 3.8) is 0 Å². The summed E-state index contributed by atoms with van der Waals surface area (Å²) in [6.45, 7) is 4.40. The van der Waals surface area contributed by atoms with Gasteiger partial charge in [-0.3, -0.25) is 0 Å². The van der Waals surface area contributed by atoms with Gasteiger partial charge in [-0.25, -0.2) is 9.97 Å². The molecule has 4 rings (SSSR count). The van der Waals surface area contributed by atoms with Crippen LogP contribution in [0.25, 0.3) is 10.2 Å². The molecular weight excluding hydrogens is 302 g/mol. The van der Waals surface area contributed by atoms with Crippen LogP contribution in [0.5, 0.6) is 0 Å². The Balaban J connectivity index is 1.61. The highest BCUT2D eigenvalue weighted by Gasteiger charge is 2.41. The quantitative estimate of drug-likeness (QED) is 0.818. The first-order valence-corrected chi connectivity index (χ1v) is 9.00. The van der Waals surface area contributed by atoms with E-state index in [1.807, 2.05) is 0 Å². The van der Waals surface area contributed by atoms with Gasteiger partial charge in [-0.1, -0.05) is 6.42 Å². The van der Waals surface area contributed by atoms with Crippen molar-refractivity contribution < 1.29 is 0 Å². The van der Waals surface area contributed by atoms with Crippen molar-refractivity contribution in [1.29, 1.82) is 0 Å². The zero-order chi connectivity index (χ0) is 14.6. The lowest BCUT2D eigenvalue weighted by atomic mass is 9.84. The Labute approximate surface area is 134 Å². The Morgan fingerprint density at radius 1 is 1.33 bits per heavy atom. The summed E-state index contributed by atoms with van der Waals surface area (Å²) < 4.78 is 0. The van der Waals surface area contributed by atoms with Crippen LogP contribution in [-0.2, 0) is 0 Å². The molecule has 2 aromatic heterocycles. The zero-order valence-corrected chi connectivity index (χ0v) is 14.0. The molecule has 0 saturated heterocycles. The van der Waals surface area contributed by atoms with Crippen molar-refractivity contribution in [3.8, 4) is 0 Å². The summed E-state index contributed by atoms with van der Waals surface area (Å²) in [5.41, 5.74) is 0. The summed E-state index contributed by atoms with van der Waals surface area (Å²) in [5, 5.41) is 5.08. The van der Waals surface area contributed by atoms with Gasteiger partial charge < -0.3 is 5.32 Å². The Morgan fingerprint density at radius 3 is 2.90 bits per heavy atom. The summed E-state index contributed by atoms with van der Waals surface area (Å²) in [6, 6.07) is 2.61. The molecule has 0 amide bonds. The summed E-state index contributed by atoms with van der Waals surface area (Å²) in [5.74, 6) is 3.58. The van der Waals surface area contributed by atoms with E-state index in [0.717, 1.165) is 33.8 Å². The van der Waals surface area contributed by atoms with Crippen LogP contribution >= 0.6 is 22.9 Å². The maximum atomic E-state index is 6.08. The van der Waals surface area contributed by atoms with Gasteiger partial charge in [-0.05, 0) is 68.5 Å². The lowest BCUT2D eigenvalue weighted by Gasteiger charge is -2.29. The first kappa shape index (κ1) is 13.8. The monoisotopic (exact) mass is 321 g/mol. The van der Waals surface area contributed by atoms with Crippen molar-refractivity contribution in [1.82, 2.24) is 9.97 Å². The highest BCUT2D eigenvalue weighted by atomic mass is 35.5. The summed E-state index contributed by atoms with van der Waals surface area (Å²) in [4.78, 5) is 11.0. The third-order valence-corrected chi connectivity index (χ3v) is 6.40. The number of aryl methyl sites for hydroxylation is 1. The van der Waals surface area contributed by atoms with Crippen molar-refractivity contribution in [2.45, 2.75) is 45.6 Å². The van der Waals surface area contributed by atoms with Crippen LogP contribution in [0.2, 0.25) is 5.28 Å². The minimum atomic E-state index is 0.340. The Kier molecular flexibility index (Phi) is 3.34. The van der Waals surface area contributed by atoms with Gasteiger partial charge in [0.25, 0.3) is 0 Å². The highest BCUT2D eigenvalue weighted by Crippen LogP contribution is 2.50. The second-order valence-corrected chi connectivity index (χ2v) is 8.26. The molecule has 5 heteroatoms. The van der Waals surface area contributed by atoms with Gasteiger partial charge in [0, 0.05) is 10.9 Å². The number of aromatic nitrogens is 2. The minimum absolute atomic E-state index is 0.340. The smallest absolute Gasteiger partial charge is 0.225 e. The lowest BCUT2D eigenvalue weighted by Crippen LogP contribution is -2.30. The summed E-state index contributed by atoms with van der Waals surface area (Å²) in [7, 11) is 0. The minimum Gasteiger partial charge on any atom is -0.367 e. The van der Waals surface area contributed by atoms with Crippen LogP contribution in [0.1, 0.15) is 37.5 Å². The molecule has 2 fully saturated rings. The van der Waals surface area contributed by atoms with Gasteiger partial charge in [-0.15, -0.1) is 11.3 Å². The number of rotatable bonds is 3. The van der Waals surface area contributed by atoms with Crippen LogP contribution in [-0.4, -0.2) is 16.0 Å². The molecule has 2 aliphatic rings. The van der Waals surface area contributed by atoms with Crippen LogP contribution in [0.4, 0.5) is 5.82 Å². The predicted molar refractivity (Wildman–Crippen MR) is 89.2 cm³/mol. The molecule has 1 N–H and O–H groups in total. The molecule has 0 aromatic carbocycles. The van der Waals surface area contributed by atoms with E-state index in [4.69, 9.17) is 11.6 Å². The maximum Gasteiger partial charge on any atom is 0.225 e. The first-order valence-electron chi connectivity index (χ1n) is 7.80. The molecule has 2 aliphatic carbocycles. The molecule has 4 unspecified atom stereocenters. The molecule has 0 aliphatic heterocycles. The Bertz CT molecular complexity index is 683. The van der Waals surface area contributed by atoms with Crippen LogP contribution in [0.3, 0.4) is 0 Å². The third-order valence-electron chi connectivity index (χ3n) is 5.29. The molecule has 0 radical (unpaired) electrons. The first-order chi connectivity index (χ1) is 10.1. The lowest BCUT2D eigenvalue weighted by molar-refractivity contribution is 0.304. The van der Waals surface area contributed by atoms with Crippen molar-refractivity contribution in [3.05, 3.63) is 16.2 Å². The summed E-state index contributed by atoms with van der Waals surface area (Å²) >= 11 is 7.76. The molecule has 4 atom stereocenters. The van der Waals surface area contributed by atoms with Gasteiger partial charge >= 0.3 is 0 Å². The molecule has 2 aromatic rings. The molecular formula is C16H20ClN3S. The van der Waals surface area contributed by atoms with Crippen molar-refractivity contribution >= 4 is 39.0 Å². The number of thiophene rings is 1. The maximum absolute atomic E-state index is 6.08. The molecule has 2 bridgehead atoms. The van der Waals surface area contributed by atoms with Gasteiger partial charge in [0.2, 0.25) is 5.28 Å². The van der Waals surface area contributed by atoms with Crippen LogP contribution < -0.4 is 5.32 Å². The van der Waals surface area contributed by atoms with E-state index < -0.39 is 0 Å². The van der Waals surface area contributed by atoms with Gasteiger partial charge in [0.15, 0.2) is 0 Å². The van der Waals surface area contributed by atoms with E-state index in [2.05, 4.69) is 35.2 Å². The van der Waals surface area contributed by atoms with Gasteiger partial charge in [0.05, 0.1) is 5.39 Å². The molecule has 21 heavy (non-hydrogen) atoms. The molecule has 0 spiro atoms. The predicted octanol–water partition coefficient (Wildman–Crippen LogP) is 4.89. The number of nitrogens with one attached hydrogen (secondary N) is 1.